The van der Waals surface area contributed by atoms with Gasteiger partial charge in [-0.05, 0) is 71.6 Å². The summed E-state index contributed by atoms with van der Waals surface area (Å²) in [6, 6.07) is 32.4. The predicted molar refractivity (Wildman–Crippen MR) is 138 cm³/mol. The van der Waals surface area contributed by atoms with Gasteiger partial charge in [-0.25, -0.2) is 0 Å². The third-order valence-corrected chi connectivity index (χ3v) is 5.43. The Morgan fingerprint density at radius 2 is 1.49 bits per heavy atom. The smallest absolute Gasteiger partial charge is 0.311 e. The van der Waals surface area contributed by atoms with Crippen LogP contribution in [0.1, 0.15) is 30.4 Å². The third kappa shape index (κ3) is 6.81. The zero-order chi connectivity index (χ0) is 24.5. The van der Waals surface area contributed by atoms with Crippen molar-refractivity contribution in [2.45, 2.75) is 19.3 Å². The molecule has 5 nitrogen and oxygen atoms in total. The van der Waals surface area contributed by atoms with Crippen LogP contribution in [0.2, 0.25) is 0 Å². The number of nitrogens with zero attached hydrogens (tertiary/aromatic N) is 1. The van der Waals surface area contributed by atoms with Gasteiger partial charge in [0.1, 0.15) is 11.5 Å². The van der Waals surface area contributed by atoms with Gasteiger partial charge in [-0.1, -0.05) is 55.5 Å². The summed E-state index contributed by atoms with van der Waals surface area (Å²) in [5, 5.41) is 0. The largest absolute Gasteiger partial charge is 0.493 e. The Hall–Kier alpha value is -4.38. The first kappa shape index (κ1) is 23.8. The van der Waals surface area contributed by atoms with Crippen LogP contribution in [0.3, 0.4) is 0 Å². The molecular formula is C30H27NO4. The number of hydrogen-bond acceptors (Lipinski definition) is 5. The molecule has 0 aliphatic carbocycles. The summed E-state index contributed by atoms with van der Waals surface area (Å²) in [5.41, 5.74) is 2.71. The summed E-state index contributed by atoms with van der Waals surface area (Å²) < 4.78 is 16.8. The maximum atomic E-state index is 12.5. The van der Waals surface area contributed by atoms with E-state index >= 15 is 0 Å². The normalized spacial score (nSPS) is 11.7. The number of para-hydroxylation sites is 1. The standard InChI is InChI=1S/C30H27NO4/c1-22(24-9-5-3-6-10-24)19-30(32)35-28-18-13-23(20-29(28)33-2)21-31-25-14-16-27(17-15-25)34-26-11-7-4-8-12-26/h3-18,20-22H,19H2,1-2H3. The minimum absolute atomic E-state index is 0.0607. The lowest BCUT2D eigenvalue weighted by Gasteiger charge is -2.13. The van der Waals surface area contributed by atoms with Crippen LogP contribution in [0, 0.1) is 0 Å². The van der Waals surface area contributed by atoms with Gasteiger partial charge in [-0.3, -0.25) is 9.79 Å². The highest BCUT2D eigenvalue weighted by atomic mass is 16.6. The van der Waals surface area contributed by atoms with E-state index in [0.29, 0.717) is 11.5 Å². The molecule has 0 saturated carbocycles. The number of carbonyl (C=O) groups excluding carboxylic acids is 1. The van der Waals surface area contributed by atoms with E-state index < -0.39 is 0 Å². The summed E-state index contributed by atoms with van der Waals surface area (Å²) in [6.45, 7) is 2.01. The van der Waals surface area contributed by atoms with E-state index in [1.165, 1.54) is 0 Å². The molecule has 0 bridgehead atoms. The van der Waals surface area contributed by atoms with Crippen molar-refractivity contribution in [3.63, 3.8) is 0 Å². The summed E-state index contributed by atoms with van der Waals surface area (Å²) in [4.78, 5) is 17.0. The topological polar surface area (TPSA) is 57.1 Å². The number of hydrogen-bond donors (Lipinski definition) is 0. The Morgan fingerprint density at radius 3 is 2.17 bits per heavy atom. The molecule has 176 valence electrons. The van der Waals surface area contributed by atoms with Crippen LogP contribution < -0.4 is 14.2 Å². The van der Waals surface area contributed by atoms with Gasteiger partial charge in [-0.2, -0.15) is 0 Å². The average molecular weight is 466 g/mol. The maximum Gasteiger partial charge on any atom is 0.311 e. The Kier molecular flexibility index (Phi) is 7.92. The summed E-state index contributed by atoms with van der Waals surface area (Å²) >= 11 is 0. The molecular weight excluding hydrogens is 438 g/mol. The highest BCUT2D eigenvalue weighted by Crippen LogP contribution is 2.30. The highest BCUT2D eigenvalue weighted by Gasteiger charge is 2.15. The highest BCUT2D eigenvalue weighted by molar-refractivity contribution is 5.83. The molecule has 0 spiro atoms. The Labute approximate surface area is 205 Å². The molecule has 4 aromatic carbocycles. The van der Waals surface area contributed by atoms with Gasteiger partial charge in [0.05, 0.1) is 19.2 Å². The van der Waals surface area contributed by atoms with Gasteiger partial charge >= 0.3 is 5.97 Å². The first-order valence-electron chi connectivity index (χ1n) is 11.4. The molecule has 0 N–H and O–H groups in total. The van der Waals surface area contributed by atoms with Crippen molar-refractivity contribution in [3.8, 4) is 23.0 Å². The fraction of sp³-hybridized carbons (Fsp3) is 0.133. The van der Waals surface area contributed by atoms with Gasteiger partial charge < -0.3 is 14.2 Å². The lowest BCUT2D eigenvalue weighted by atomic mass is 9.98. The molecule has 0 radical (unpaired) electrons. The van der Waals surface area contributed by atoms with Crippen LogP contribution in [-0.2, 0) is 4.79 Å². The zero-order valence-electron chi connectivity index (χ0n) is 19.8. The van der Waals surface area contributed by atoms with Crippen molar-refractivity contribution >= 4 is 17.9 Å². The molecule has 1 unspecified atom stereocenters. The maximum absolute atomic E-state index is 12.5. The molecule has 0 heterocycles. The molecule has 0 fully saturated rings. The zero-order valence-corrected chi connectivity index (χ0v) is 19.8. The van der Waals surface area contributed by atoms with Crippen LogP contribution in [-0.4, -0.2) is 19.3 Å². The summed E-state index contributed by atoms with van der Waals surface area (Å²) in [6.07, 6.45) is 2.01. The fourth-order valence-electron chi connectivity index (χ4n) is 3.54. The minimum Gasteiger partial charge on any atom is -0.493 e. The first-order valence-corrected chi connectivity index (χ1v) is 11.4. The van der Waals surface area contributed by atoms with Crippen molar-refractivity contribution in [3.05, 3.63) is 114 Å². The Bertz CT molecular complexity index is 1270. The molecule has 0 amide bonds. The van der Waals surface area contributed by atoms with Crippen LogP contribution in [0.15, 0.2) is 108 Å². The van der Waals surface area contributed by atoms with Crippen molar-refractivity contribution in [2.75, 3.05) is 7.11 Å². The van der Waals surface area contributed by atoms with Gasteiger partial charge in [0, 0.05) is 6.21 Å². The second kappa shape index (κ2) is 11.7. The predicted octanol–water partition coefficient (Wildman–Crippen LogP) is 7.34. The third-order valence-electron chi connectivity index (χ3n) is 5.43. The van der Waals surface area contributed by atoms with E-state index in [2.05, 4.69) is 4.99 Å². The molecule has 0 aliphatic rings. The molecule has 4 aromatic rings. The Balaban J connectivity index is 1.37. The molecule has 0 aliphatic heterocycles. The van der Waals surface area contributed by atoms with Crippen molar-refractivity contribution in [1.29, 1.82) is 0 Å². The van der Waals surface area contributed by atoms with Crippen LogP contribution >= 0.6 is 0 Å². The van der Waals surface area contributed by atoms with Crippen molar-refractivity contribution < 1.29 is 19.0 Å². The van der Waals surface area contributed by atoms with Gasteiger partial charge in [0.2, 0.25) is 0 Å². The van der Waals surface area contributed by atoms with E-state index in [9.17, 15) is 4.79 Å². The second-order valence-electron chi connectivity index (χ2n) is 8.07. The monoisotopic (exact) mass is 465 g/mol. The van der Waals surface area contributed by atoms with Crippen molar-refractivity contribution in [1.82, 2.24) is 0 Å². The lowest BCUT2D eigenvalue weighted by molar-refractivity contribution is -0.134. The SMILES string of the molecule is COc1cc(C=Nc2ccc(Oc3ccccc3)cc2)ccc1OC(=O)CC(C)c1ccccc1. The molecule has 1 atom stereocenters. The van der Waals surface area contributed by atoms with Crippen LogP contribution in [0.4, 0.5) is 5.69 Å². The second-order valence-corrected chi connectivity index (χ2v) is 8.07. The van der Waals surface area contributed by atoms with E-state index in [0.717, 1.165) is 28.3 Å². The number of carbonyl (C=O) groups is 1. The Morgan fingerprint density at radius 1 is 0.829 bits per heavy atom. The first-order chi connectivity index (χ1) is 17.1. The van der Waals surface area contributed by atoms with Gasteiger partial charge in [-0.15, -0.1) is 0 Å². The molecule has 0 aromatic heterocycles. The summed E-state index contributed by atoms with van der Waals surface area (Å²) in [7, 11) is 1.55. The minimum atomic E-state index is -0.307. The number of aliphatic imine (C=N–C) groups is 1. The number of ether oxygens (including phenoxy) is 3. The quantitative estimate of drug-likeness (QED) is 0.147. The van der Waals surface area contributed by atoms with Crippen LogP contribution in [0.5, 0.6) is 23.0 Å². The molecule has 0 saturated heterocycles. The molecule has 35 heavy (non-hydrogen) atoms. The van der Waals surface area contributed by atoms with E-state index in [1.807, 2.05) is 97.9 Å². The lowest BCUT2D eigenvalue weighted by Crippen LogP contribution is -2.12. The van der Waals surface area contributed by atoms with E-state index in [4.69, 9.17) is 14.2 Å². The molecule has 4 rings (SSSR count). The van der Waals surface area contributed by atoms with Crippen LogP contribution in [0.25, 0.3) is 0 Å². The van der Waals surface area contributed by atoms with Gasteiger partial charge in [0.25, 0.3) is 0 Å². The average Bonchev–Trinajstić information content (AvgIpc) is 2.90. The number of rotatable bonds is 9. The van der Waals surface area contributed by atoms with Crippen molar-refractivity contribution in [2.24, 2.45) is 4.99 Å². The van der Waals surface area contributed by atoms with Gasteiger partial charge in [0.15, 0.2) is 11.5 Å². The summed E-state index contributed by atoms with van der Waals surface area (Å²) in [5.74, 6) is 2.14. The number of esters is 1. The number of methoxy groups -OCH3 is 1. The molecule has 5 heteroatoms. The fourth-order valence-corrected chi connectivity index (χ4v) is 3.54. The van der Waals surface area contributed by atoms with E-state index in [1.54, 1.807) is 25.5 Å². The van der Waals surface area contributed by atoms with E-state index in [-0.39, 0.29) is 18.3 Å². The number of benzene rings is 4.